The van der Waals surface area contributed by atoms with Crippen LogP contribution < -0.4 is 16.0 Å². The van der Waals surface area contributed by atoms with Gasteiger partial charge in [0.25, 0.3) is 5.91 Å². The smallest absolute Gasteiger partial charge is 0.308 e. The molecular weight excluding hydrogens is 522 g/mol. The van der Waals surface area contributed by atoms with Gasteiger partial charge in [-0.25, -0.2) is 9.18 Å². The molecule has 12 heteroatoms. The van der Waals surface area contributed by atoms with E-state index in [0.717, 1.165) is 12.1 Å². The number of halogens is 4. The summed E-state index contributed by atoms with van der Waals surface area (Å²) in [5.74, 6) is -0.730. The third-order valence-electron chi connectivity index (χ3n) is 5.59. The van der Waals surface area contributed by atoms with E-state index in [0.29, 0.717) is 22.2 Å². The number of H-pyrrole nitrogens is 1. The van der Waals surface area contributed by atoms with E-state index < -0.39 is 23.6 Å². The maximum atomic E-state index is 15.3. The highest BCUT2D eigenvalue weighted by Gasteiger charge is 2.30. The highest BCUT2D eigenvalue weighted by Crippen LogP contribution is 2.32. The van der Waals surface area contributed by atoms with Gasteiger partial charge in [0, 0.05) is 27.7 Å². The Hall–Kier alpha value is -4.71. The van der Waals surface area contributed by atoms with Crippen LogP contribution in [0.25, 0.3) is 22.0 Å². The van der Waals surface area contributed by atoms with Crippen molar-refractivity contribution in [2.24, 2.45) is 0 Å². The number of thiophene rings is 1. The van der Waals surface area contributed by atoms with Crippen LogP contribution in [0, 0.1) is 5.82 Å². The van der Waals surface area contributed by atoms with Crippen LogP contribution in [0.5, 0.6) is 0 Å². The second-order valence-electron chi connectivity index (χ2n) is 8.12. The molecule has 0 spiro atoms. The Balaban J connectivity index is 1.29. The molecule has 4 N–H and O–H groups in total. The molecule has 0 unspecified atom stereocenters. The molecule has 2 aromatic heterocycles. The van der Waals surface area contributed by atoms with Crippen molar-refractivity contribution in [2.75, 3.05) is 16.0 Å². The lowest BCUT2D eigenvalue weighted by Crippen LogP contribution is -2.19. The van der Waals surface area contributed by atoms with Gasteiger partial charge in [-0.05, 0) is 53.4 Å². The Morgan fingerprint density at radius 1 is 0.895 bits per heavy atom. The predicted molar refractivity (Wildman–Crippen MR) is 138 cm³/mol. The molecule has 2 heterocycles. The molecule has 192 valence electrons. The molecule has 3 aromatic carbocycles. The summed E-state index contributed by atoms with van der Waals surface area (Å²) in [7, 11) is 0. The fourth-order valence-electron chi connectivity index (χ4n) is 3.75. The molecule has 38 heavy (non-hydrogen) atoms. The molecule has 0 saturated carbocycles. The molecule has 0 fully saturated rings. The zero-order chi connectivity index (χ0) is 26.9. The van der Waals surface area contributed by atoms with Crippen LogP contribution in [0.15, 0.2) is 77.5 Å². The highest BCUT2D eigenvalue weighted by atomic mass is 32.1. The lowest BCUT2D eigenvalue weighted by Gasteiger charge is -2.11. The summed E-state index contributed by atoms with van der Waals surface area (Å²) in [6.07, 6.45) is -4.53. The second-order valence-corrected chi connectivity index (χ2v) is 8.90. The molecule has 0 aliphatic rings. The van der Waals surface area contributed by atoms with Crippen molar-refractivity contribution in [2.45, 2.75) is 6.18 Å². The number of nitrogens with one attached hydrogen (secondary N) is 4. The maximum absolute atomic E-state index is 15.3. The fraction of sp³-hybridized carbons (Fsp3) is 0.0385. The van der Waals surface area contributed by atoms with Gasteiger partial charge >= 0.3 is 12.2 Å². The molecule has 0 atom stereocenters. The van der Waals surface area contributed by atoms with Gasteiger partial charge in [0.1, 0.15) is 5.52 Å². The van der Waals surface area contributed by atoms with E-state index in [-0.39, 0.29) is 28.5 Å². The number of hydrogen-bond donors (Lipinski definition) is 4. The number of nitrogens with zero attached hydrogens (tertiary/aromatic N) is 1. The molecule has 0 aliphatic carbocycles. The number of aromatic amines is 1. The normalized spacial score (nSPS) is 11.4. The molecule has 0 radical (unpaired) electrons. The number of fused-ring (bicyclic) bond motifs is 1. The molecule has 3 amide bonds. The Bertz CT molecular complexity index is 1630. The first-order valence-electron chi connectivity index (χ1n) is 11.0. The van der Waals surface area contributed by atoms with Crippen LogP contribution >= 0.6 is 11.3 Å². The average molecular weight is 540 g/mol. The SMILES string of the molecule is O=C(Nc1ccc(-c2ccc3c(NC(=O)c4ccsc4)n[nH]c3c2F)cc1)Nc1cccc(C(F)(F)F)c1. The number of urea groups is 1. The molecule has 5 aromatic rings. The Kier molecular flexibility index (Phi) is 6.55. The first-order valence-corrected chi connectivity index (χ1v) is 12.0. The lowest BCUT2D eigenvalue weighted by atomic mass is 10.0. The van der Waals surface area contributed by atoms with Crippen molar-refractivity contribution >= 4 is 51.4 Å². The van der Waals surface area contributed by atoms with Gasteiger partial charge in [-0.15, -0.1) is 0 Å². The Morgan fingerprint density at radius 2 is 1.66 bits per heavy atom. The molecular formula is C26H17F4N5O2S. The van der Waals surface area contributed by atoms with Gasteiger partial charge < -0.3 is 16.0 Å². The topological polar surface area (TPSA) is 98.9 Å². The van der Waals surface area contributed by atoms with E-state index >= 15 is 4.39 Å². The number of anilines is 3. The molecule has 0 aliphatic heterocycles. The van der Waals surface area contributed by atoms with E-state index in [2.05, 4.69) is 26.1 Å². The van der Waals surface area contributed by atoms with Crippen molar-refractivity contribution in [3.8, 4) is 11.1 Å². The number of benzene rings is 3. The standard InChI is InChI=1S/C26H17F4N5O2S/c27-21-19(8-9-20-22(21)34-35-23(20)33-24(36)15-10-11-38-13-15)14-4-6-17(7-5-14)31-25(37)32-18-3-1-2-16(12-18)26(28,29)30/h1-13H,(H2,31,32,37)(H2,33,34,35,36). The molecule has 5 rings (SSSR count). The van der Waals surface area contributed by atoms with Gasteiger partial charge in [-0.2, -0.15) is 29.6 Å². The van der Waals surface area contributed by atoms with Crippen LogP contribution in [0.3, 0.4) is 0 Å². The summed E-state index contributed by atoms with van der Waals surface area (Å²) in [5, 5.41) is 18.1. The van der Waals surface area contributed by atoms with Gasteiger partial charge in [-0.3, -0.25) is 9.89 Å². The molecule has 0 bridgehead atoms. The van der Waals surface area contributed by atoms with E-state index in [1.165, 1.54) is 35.6 Å². The minimum atomic E-state index is -4.53. The fourth-order valence-corrected chi connectivity index (χ4v) is 4.38. The summed E-state index contributed by atoms with van der Waals surface area (Å²) in [6.45, 7) is 0. The molecule has 7 nitrogen and oxygen atoms in total. The van der Waals surface area contributed by atoms with E-state index in [1.807, 2.05) is 0 Å². The van der Waals surface area contributed by atoms with Crippen molar-refractivity contribution in [3.63, 3.8) is 0 Å². The van der Waals surface area contributed by atoms with Gasteiger partial charge in [0.15, 0.2) is 11.6 Å². The third kappa shape index (κ3) is 5.20. The number of alkyl halides is 3. The van der Waals surface area contributed by atoms with E-state index in [9.17, 15) is 22.8 Å². The summed E-state index contributed by atoms with van der Waals surface area (Å²) in [4.78, 5) is 24.6. The number of carbonyl (C=O) groups excluding carboxylic acids is 2. The minimum absolute atomic E-state index is 0.0187. The summed E-state index contributed by atoms with van der Waals surface area (Å²) in [5.41, 5.74) is 0.803. The second kappa shape index (κ2) is 9.98. The number of hydrogen-bond acceptors (Lipinski definition) is 4. The third-order valence-corrected chi connectivity index (χ3v) is 6.28. The first kappa shape index (κ1) is 25.0. The van der Waals surface area contributed by atoms with Crippen LogP contribution in [0.2, 0.25) is 0 Å². The van der Waals surface area contributed by atoms with Crippen LogP contribution in [-0.4, -0.2) is 22.1 Å². The summed E-state index contributed by atoms with van der Waals surface area (Å²) >= 11 is 1.38. The quantitative estimate of drug-likeness (QED) is 0.176. The van der Waals surface area contributed by atoms with Crippen LogP contribution in [-0.2, 0) is 6.18 Å². The largest absolute Gasteiger partial charge is 0.416 e. The number of carbonyl (C=O) groups is 2. The van der Waals surface area contributed by atoms with E-state index in [4.69, 9.17) is 0 Å². The summed E-state index contributed by atoms with van der Waals surface area (Å²) < 4.78 is 53.9. The first-order chi connectivity index (χ1) is 18.2. The van der Waals surface area contributed by atoms with Crippen molar-refractivity contribution in [3.05, 3.63) is 94.4 Å². The average Bonchev–Trinajstić information content (AvgIpc) is 3.56. The van der Waals surface area contributed by atoms with Gasteiger partial charge in [0.05, 0.1) is 11.1 Å². The Morgan fingerprint density at radius 3 is 2.37 bits per heavy atom. The van der Waals surface area contributed by atoms with Crippen LogP contribution in [0.4, 0.5) is 39.5 Å². The molecule has 0 saturated heterocycles. The number of rotatable bonds is 5. The van der Waals surface area contributed by atoms with Crippen molar-refractivity contribution < 1.29 is 27.2 Å². The van der Waals surface area contributed by atoms with Crippen molar-refractivity contribution in [1.82, 2.24) is 10.2 Å². The monoisotopic (exact) mass is 539 g/mol. The lowest BCUT2D eigenvalue weighted by molar-refractivity contribution is -0.137. The zero-order valence-corrected chi connectivity index (χ0v) is 20.0. The maximum Gasteiger partial charge on any atom is 0.416 e. The highest BCUT2D eigenvalue weighted by molar-refractivity contribution is 7.08. The predicted octanol–water partition coefficient (Wildman–Crippen LogP) is 7.35. The summed E-state index contributed by atoms with van der Waals surface area (Å²) in [6, 6.07) is 14.6. The number of aromatic nitrogens is 2. The van der Waals surface area contributed by atoms with Gasteiger partial charge in [-0.1, -0.05) is 24.3 Å². The van der Waals surface area contributed by atoms with Crippen molar-refractivity contribution in [1.29, 1.82) is 0 Å². The zero-order valence-electron chi connectivity index (χ0n) is 19.2. The van der Waals surface area contributed by atoms with E-state index in [1.54, 1.807) is 41.1 Å². The Labute approximate surface area is 216 Å². The number of amides is 3. The minimum Gasteiger partial charge on any atom is -0.308 e. The van der Waals surface area contributed by atoms with Gasteiger partial charge in [0.2, 0.25) is 0 Å². The van der Waals surface area contributed by atoms with Crippen LogP contribution in [0.1, 0.15) is 15.9 Å².